The van der Waals surface area contributed by atoms with Gasteiger partial charge in [0.25, 0.3) is 5.56 Å². The first-order valence-corrected chi connectivity index (χ1v) is 7.74. The average molecular weight is 398 g/mol. The lowest BCUT2D eigenvalue weighted by Crippen LogP contribution is -2.16. The maximum absolute atomic E-state index is 12.1. The second-order valence-corrected chi connectivity index (χ2v) is 6.01. The molecule has 21 heavy (non-hydrogen) atoms. The van der Waals surface area contributed by atoms with Crippen LogP contribution in [-0.2, 0) is 0 Å². The van der Waals surface area contributed by atoms with Gasteiger partial charge in [-0.1, -0.05) is 6.07 Å². The largest absolute Gasteiger partial charge is 0.493 e. The monoisotopic (exact) mass is 398 g/mol. The molecule has 6 heteroatoms. The van der Waals surface area contributed by atoms with Crippen LogP contribution in [0.2, 0.25) is 0 Å². The van der Waals surface area contributed by atoms with E-state index in [1.165, 1.54) is 0 Å². The van der Waals surface area contributed by atoms with Crippen LogP contribution < -0.4 is 15.0 Å². The summed E-state index contributed by atoms with van der Waals surface area (Å²) in [6, 6.07) is 5.53. The number of para-hydroxylation sites is 1. The number of halogens is 1. The minimum absolute atomic E-state index is 0.104. The highest BCUT2D eigenvalue weighted by Gasteiger charge is 2.29. The average Bonchev–Trinajstić information content (AvgIpc) is 3.33. The van der Waals surface area contributed by atoms with Gasteiger partial charge in [-0.15, -0.1) is 0 Å². The van der Waals surface area contributed by atoms with Gasteiger partial charge in [0.15, 0.2) is 11.5 Å². The molecule has 110 valence electrons. The zero-order chi connectivity index (χ0) is 15.0. The number of aromatic amines is 1. The van der Waals surface area contributed by atoms with Gasteiger partial charge in [0, 0.05) is 5.92 Å². The molecule has 3 rings (SSSR count). The highest BCUT2D eigenvalue weighted by Crippen LogP contribution is 2.42. The summed E-state index contributed by atoms with van der Waals surface area (Å²) in [7, 11) is 3.16. The predicted molar refractivity (Wildman–Crippen MR) is 88.1 cm³/mol. The third kappa shape index (κ3) is 2.64. The molecule has 0 saturated heterocycles. The van der Waals surface area contributed by atoms with Crippen molar-refractivity contribution in [3.8, 4) is 22.9 Å². The summed E-state index contributed by atoms with van der Waals surface area (Å²) < 4.78 is 11.4. The molecule has 5 nitrogen and oxygen atoms in total. The Bertz CT molecular complexity index is 738. The molecule has 1 saturated carbocycles. The van der Waals surface area contributed by atoms with E-state index >= 15 is 0 Å². The number of hydrogen-bond acceptors (Lipinski definition) is 4. The SMILES string of the molecule is COc1cccc(-c2nc(C3CC3)c(I)c(=O)[nH]2)c1OC. The number of ether oxygens (including phenoxy) is 2. The lowest BCUT2D eigenvalue weighted by atomic mass is 10.1. The predicted octanol–water partition coefficient (Wildman–Crippen LogP) is 2.94. The van der Waals surface area contributed by atoms with E-state index < -0.39 is 0 Å². The summed E-state index contributed by atoms with van der Waals surface area (Å²) in [5.41, 5.74) is 1.51. The molecule has 1 heterocycles. The van der Waals surface area contributed by atoms with Crippen molar-refractivity contribution in [2.45, 2.75) is 18.8 Å². The third-order valence-corrected chi connectivity index (χ3v) is 4.55. The number of nitrogens with zero attached hydrogens (tertiary/aromatic N) is 1. The number of methoxy groups -OCH3 is 2. The topological polar surface area (TPSA) is 64.2 Å². The number of benzene rings is 1. The fourth-order valence-corrected chi connectivity index (χ4v) is 3.00. The van der Waals surface area contributed by atoms with Crippen molar-refractivity contribution in [3.05, 3.63) is 37.8 Å². The Morgan fingerprint density at radius 2 is 2.05 bits per heavy atom. The van der Waals surface area contributed by atoms with Crippen LogP contribution in [0.1, 0.15) is 24.5 Å². The molecule has 1 N–H and O–H groups in total. The molecule has 0 unspecified atom stereocenters. The van der Waals surface area contributed by atoms with Gasteiger partial charge < -0.3 is 14.5 Å². The highest BCUT2D eigenvalue weighted by molar-refractivity contribution is 14.1. The van der Waals surface area contributed by atoms with E-state index in [1.807, 2.05) is 18.2 Å². The van der Waals surface area contributed by atoms with Gasteiger partial charge in [0.1, 0.15) is 5.82 Å². The Hall–Kier alpha value is -1.57. The Morgan fingerprint density at radius 3 is 2.67 bits per heavy atom. The normalized spacial score (nSPS) is 14.0. The standard InChI is InChI=1S/C15H15IN2O3/c1-20-10-5-3-4-9(13(10)21-2)14-17-12(8-6-7-8)11(16)15(19)18-14/h3-5,8H,6-7H2,1-2H3,(H,17,18,19). The summed E-state index contributed by atoms with van der Waals surface area (Å²) in [5, 5.41) is 0. The lowest BCUT2D eigenvalue weighted by Gasteiger charge is -2.13. The lowest BCUT2D eigenvalue weighted by molar-refractivity contribution is 0.356. The van der Waals surface area contributed by atoms with Crippen LogP contribution in [-0.4, -0.2) is 24.2 Å². The number of nitrogens with one attached hydrogen (secondary N) is 1. The Kier molecular flexibility index (Phi) is 3.88. The van der Waals surface area contributed by atoms with Gasteiger partial charge in [-0.2, -0.15) is 0 Å². The first-order chi connectivity index (χ1) is 10.2. The van der Waals surface area contributed by atoms with Crippen LogP contribution in [0.5, 0.6) is 11.5 Å². The van der Waals surface area contributed by atoms with Crippen LogP contribution >= 0.6 is 22.6 Å². The maximum Gasteiger partial charge on any atom is 0.264 e. The second kappa shape index (κ2) is 5.67. The minimum Gasteiger partial charge on any atom is -0.493 e. The van der Waals surface area contributed by atoms with Gasteiger partial charge in [-0.05, 0) is 47.6 Å². The Balaban J connectivity index is 2.19. The number of hydrogen-bond donors (Lipinski definition) is 1. The summed E-state index contributed by atoms with van der Waals surface area (Å²) in [6.45, 7) is 0. The fraction of sp³-hybridized carbons (Fsp3) is 0.333. The number of aromatic nitrogens is 2. The molecule has 1 aromatic heterocycles. The van der Waals surface area contributed by atoms with Crippen molar-refractivity contribution in [2.24, 2.45) is 0 Å². The molecule has 1 aliphatic rings. The molecule has 0 bridgehead atoms. The quantitative estimate of drug-likeness (QED) is 0.805. The van der Waals surface area contributed by atoms with Crippen LogP contribution in [0.3, 0.4) is 0 Å². The van der Waals surface area contributed by atoms with Gasteiger partial charge >= 0.3 is 0 Å². The zero-order valence-corrected chi connectivity index (χ0v) is 13.9. The van der Waals surface area contributed by atoms with Crippen LogP contribution in [0.15, 0.2) is 23.0 Å². The first kappa shape index (κ1) is 14.4. The molecule has 1 aliphatic carbocycles. The van der Waals surface area contributed by atoms with E-state index in [9.17, 15) is 4.79 Å². The van der Waals surface area contributed by atoms with Crippen molar-refractivity contribution in [1.29, 1.82) is 0 Å². The van der Waals surface area contributed by atoms with Crippen molar-refractivity contribution < 1.29 is 9.47 Å². The number of rotatable bonds is 4. The first-order valence-electron chi connectivity index (χ1n) is 6.66. The Labute approximate surface area is 135 Å². The molecule has 0 atom stereocenters. The minimum atomic E-state index is -0.104. The van der Waals surface area contributed by atoms with Crippen LogP contribution in [0.25, 0.3) is 11.4 Å². The molecule has 1 fully saturated rings. The summed E-state index contributed by atoms with van der Waals surface area (Å²) in [6.07, 6.45) is 2.20. The van der Waals surface area contributed by atoms with Gasteiger partial charge in [-0.25, -0.2) is 4.98 Å². The molecule has 2 aromatic rings. The molecule has 0 aliphatic heterocycles. The van der Waals surface area contributed by atoms with E-state index in [4.69, 9.17) is 9.47 Å². The second-order valence-electron chi connectivity index (χ2n) is 4.93. The van der Waals surface area contributed by atoms with E-state index in [0.717, 1.165) is 24.1 Å². The number of H-pyrrole nitrogens is 1. The third-order valence-electron chi connectivity index (χ3n) is 3.51. The van der Waals surface area contributed by atoms with Crippen molar-refractivity contribution in [3.63, 3.8) is 0 Å². The smallest absolute Gasteiger partial charge is 0.264 e. The van der Waals surface area contributed by atoms with E-state index in [2.05, 4.69) is 32.6 Å². The summed E-state index contributed by atoms with van der Waals surface area (Å²) in [4.78, 5) is 19.6. The molecular weight excluding hydrogens is 383 g/mol. The van der Waals surface area contributed by atoms with Crippen molar-refractivity contribution in [2.75, 3.05) is 14.2 Å². The van der Waals surface area contributed by atoms with Crippen LogP contribution in [0, 0.1) is 3.57 Å². The fourth-order valence-electron chi connectivity index (χ4n) is 2.30. The molecule has 0 spiro atoms. The van der Waals surface area contributed by atoms with Gasteiger partial charge in [0.2, 0.25) is 0 Å². The van der Waals surface area contributed by atoms with Crippen molar-refractivity contribution >= 4 is 22.6 Å². The van der Waals surface area contributed by atoms with E-state index in [0.29, 0.717) is 26.8 Å². The zero-order valence-electron chi connectivity index (χ0n) is 11.8. The maximum atomic E-state index is 12.1. The van der Waals surface area contributed by atoms with Crippen molar-refractivity contribution in [1.82, 2.24) is 9.97 Å². The van der Waals surface area contributed by atoms with Crippen LogP contribution in [0.4, 0.5) is 0 Å². The van der Waals surface area contributed by atoms with Gasteiger partial charge in [-0.3, -0.25) is 4.79 Å². The molecule has 1 aromatic carbocycles. The van der Waals surface area contributed by atoms with E-state index in [-0.39, 0.29) is 5.56 Å². The van der Waals surface area contributed by atoms with E-state index in [1.54, 1.807) is 14.2 Å². The molecule has 0 amide bonds. The summed E-state index contributed by atoms with van der Waals surface area (Å²) in [5.74, 6) is 2.13. The van der Waals surface area contributed by atoms with Gasteiger partial charge in [0.05, 0.1) is 29.0 Å². The molecule has 0 radical (unpaired) electrons. The molecular formula is C15H15IN2O3. The highest BCUT2D eigenvalue weighted by atomic mass is 127. The summed E-state index contributed by atoms with van der Waals surface area (Å²) >= 11 is 2.07. The Morgan fingerprint density at radius 1 is 1.29 bits per heavy atom.